The second-order valence-electron chi connectivity index (χ2n) is 4.06. The summed E-state index contributed by atoms with van der Waals surface area (Å²) in [5.41, 5.74) is 0. The highest BCUT2D eigenvalue weighted by atomic mass is 31.2. The fourth-order valence-electron chi connectivity index (χ4n) is 0.726. The average molecular weight is 211 g/mol. The van der Waals surface area contributed by atoms with Crippen LogP contribution in [-0.2, 0) is 9.09 Å². The lowest BCUT2D eigenvalue weighted by atomic mass is 10.2. The quantitative estimate of drug-likeness (QED) is 0.511. The van der Waals surface area contributed by atoms with Gasteiger partial charge >= 0.3 is 0 Å². The number of phosphoric acid groups is 1. The molecule has 5 nitrogen and oxygen atoms in total. The first-order chi connectivity index (χ1) is 5.63. The van der Waals surface area contributed by atoms with E-state index in [0.717, 1.165) is 4.48 Å². The zero-order valence-electron chi connectivity index (χ0n) is 8.56. The zero-order chi connectivity index (χ0) is 10.7. The molecule has 80 valence electrons. The van der Waals surface area contributed by atoms with Crippen LogP contribution in [0, 0.1) is 0 Å². The molecular formula is C7H18NO4P. The molecule has 0 saturated carbocycles. The van der Waals surface area contributed by atoms with Crippen LogP contribution in [0.2, 0.25) is 0 Å². The van der Waals surface area contributed by atoms with E-state index in [2.05, 4.69) is 4.52 Å². The molecule has 1 N–H and O–H groups in total. The summed E-state index contributed by atoms with van der Waals surface area (Å²) in [7, 11) is 1.51. The highest BCUT2D eigenvalue weighted by molar-refractivity contribution is 7.44. The molecule has 2 atom stereocenters. The van der Waals surface area contributed by atoms with Gasteiger partial charge in [-0.1, -0.05) is 0 Å². The van der Waals surface area contributed by atoms with Crippen molar-refractivity contribution < 1.29 is 23.4 Å². The van der Waals surface area contributed by atoms with E-state index in [-0.39, 0.29) is 12.6 Å². The molecule has 0 radical (unpaired) electrons. The summed E-state index contributed by atoms with van der Waals surface area (Å²) in [5.74, 6) is 0. The van der Waals surface area contributed by atoms with Gasteiger partial charge in [-0.3, -0.25) is 4.57 Å². The van der Waals surface area contributed by atoms with Crippen LogP contribution in [0.4, 0.5) is 0 Å². The van der Waals surface area contributed by atoms with Crippen LogP contribution in [0.3, 0.4) is 0 Å². The molecule has 0 spiro atoms. The van der Waals surface area contributed by atoms with Gasteiger partial charge in [-0.15, -0.1) is 0 Å². The lowest BCUT2D eigenvalue weighted by molar-refractivity contribution is -0.894. The second kappa shape index (κ2) is 4.53. The van der Waals surface area contributed by atoms with Gasteiger partial charge in [0.1, 0.15) is 0 Å². The molecule has 0 amide bonds. The van der Waals surface area contributed by atoms with Crippen LogP contribution in [0.15, 0.2) is 0 Å². The molecule has 2 unspecified atom stereocenters. The second-order valence-corrected chi connectivity index (χ2v) is 5.25. The average Bonchev–Trinajstić information content (AvgIpc) is 1.82. The van der Waals surface area contributed by atoms with Crippen LogP contribution in [0.1, 0.15) is 13.3 Å². The van der Waals surface area contributed by atoms with Crippen molar-refractivity contribution in [2.24, 2.45) is 0 Å². The van der Waals surface area contributed by atoms with Crippen molar-refractivity contribution in [3.63, 3.8) is 0 Å². The highest BCUT2D eigenvalue weighted by Crippen LogP contribution is 2.30. The van der Waals surface area contributed by atoms with Gasteiger partial charge in [0.05, 0.1) is 33.8 Å². The third kappa shape index (κ3) is 7.16. The van der Waals surface area contributed by atoms with Crippen molar-refractivity contribution in [2.75, 3.05) is 27.7 Å². The van der Waals surface area contributed by atoms with E-state index in [1.165, 1.54) is 0 Å². The zero-order valence-corrected chi connectivity index (χ0v) is 9.45. The molecule has 0 heterocycles. The van der Waals surface area contributed by atoms with E-state index >= 15 is 0 Å². The van der Waals surface area contributed by atoms with Gasteiger partial charge in [0.25, 0.3) is 7.82 Å². The monoisotopic (exact) mass is 211 g/mol. The largest absolute Gasteiger partial charge is 0.756 e. The van der Waals surface area contributed by atoms with Crippen LogP contribution in [0.25, 0.3) is 0 Å². The van der Waals surface area contributed by atoms with Crippen molar-refractivity contribution >= 4 is 7.82 Å². The van der Waals surface area contributed by atoms with E-state index < -0.39 is 7.82 Å². The van der Waals surface area contributed by atoms with Crippen molar-refractivity contribution in [2.45, 2.75) is 19.4 Å². The van der Waals surface area contributed by atoms with Gasteiger partial charge < -0.3 is 18.8 Å². The maximum absolute atomic E-state index is 10.2. The van der Waals surface area contributed by atoms with Gasteiger partial charge in [-0.2, -0.15) is 0 Å². The van der Waals surface area contributed by atoms with Gasteiger partial charge in [0.2, 0.25) is 0 Å². The van der Waals surface area contributed by atoms with Gasteiger partial charge in [-0.25, -0.2) is 0 Å². The Balaban J connectivity index is 3.73. The molecule has 0 bridgehead atoms. The molecule has 0 rings (SSSR count). The van der Waals surface area contributed by atoms with E-state index in [9.17, 15) is 9.46 Å². The molecule has 0 aromatic rings. The van der Waals surface area contributed by atoms with E-state index in [1.807, 2.05) is 28.1 Å². The lowest BCUT2D eigenvalue weighted by Gasteiger charge is -2.31. The lowest BCUT2D eigenvalue weighted by Crippen LogP contribution is -2.43. The van der Waals surface area contributed by atoms with Crippen molar-refractivity contribution in [1.82, 2.24) is 0 Å². The van der Waals surface area contributed by atoms with E-state index in [4.69, 9.17) is 4.89 Å². The SMILES string of the molecule is CC(CCOP(=O)([O-])O)[N+](C)(C)C. The summed E-state index contributed by atoms with van der Waals surface area (Å²) < 4.78 is 15.2. The number of rotatable bonds is 5. The smallest absolute Gasteiger partial charge is 0.265 e. The molecule has 0 fully saturated rings. The number of nitrogens with zero attached hydrogens (tertiary/aromatic N) is 1. The van der Waals surface area contributed by atoms with Gasteiger partial charge in [0, 0.05) is 6.42 Å². The first-order valence-electron chi connectivity index (χ1n) is 4.12. The predicted octanol–water partition coefficient (Wildman–Crippen LogP) is -0.0515. The minimum absolute atomic E-state index is 0.0357. The summed E-state index contributed by atoms with van der Waals surface area (Å²) in [6.45, 7) is 2.03. The summed E-state index contributed by atoms with van der Waals surface area (Å²) in [5, 5.41) is 0. The molecule has 13 heavy (non-hydrogen) atoms. The Hall–Kier alpha value is 0.0700. The third-order valence-electron chi connectivity index (χ3n) is 2.11. The van der Waals surface area contributed by atoms with Gasteiger partial charge in [0.15, 0.2) is 0 Å². The number of phosphoric ester groups is 1. The normalized spacial score (nSPS) is 19.5. The van der Waals surface area contributed by atoms with Crippen LogP contribution in [0.5, 0.6) is 0 Å². The molecule has 0 aliphatic carbocycles. The summed E-state index contributed by atoms with van der Waals surface area (Å²) in [4.78, 5) is 18.5. The Labute approximate surface area is 79.2 Å². The highest BCUT2D eigenvalue weighted by Gasteiger charge is 2.18. The summed E-state index contributed by atoms with van der Waals surface area (Å²) in [6, 6.07) is 0.284. The first-order valence-corrected chi connectivity index (χ1v) is 5.62. The van der Waals surface area contributed by atoms with Crippen LogP contribution in [-0.4, -0.2) is 43.2 Å². The predicted molar refractivity (Wildman–Crippen MR) is 47.9 cm³/mol. The fraction of sp³-hybridized carbons (Fsp3) is 1.00. The Morgan fingerprint density at radius 1 is 1.54 bits per heavy atom. The van der Waals surface area contributed by atoms with Crippen molar-refractivity contribution in [3.8, 4) is 0 Å². The summed E-state index contributed by atoms with van der Waals surface area (Å²) >= 11 is 0. The fourth-order valence-corrected chi connectivity index (χ4v) is 1.06. The Kier molecular flexibility index (Phi) is 4.55. The van der Waals surface area contributed by atoms with E-state index in [1.54, 1.807) is 0 Å². The van der Waals surface area contributed by atoms with Gasteiger partial charge in [-0.05, 0) is 6.92 Å². The number of quaternary nitrogens is 1. The minimum Gasteiger partial charge on any atom is -0.756 e. The molecule has 6 heteroatoms. The van der Waals surface area contributed by atoms with E-state index in [0.29, 0.717) is 6.42 Å². The molecule has 0 aromatic heterocycles. The van der Waals surface area contributed by atoms with Crippen LogP contribution < -0.4 is 4.89 Å². The molecule has 0 aliphatic heterocycles. The maximum atomic E-state index is 10.2. The molecule has 0 aromatic carbocycles. The standard InChI is InChI=1S/C7H18NO4P/c1-7(8(2,3)4)5-6-12-13(9,10)11/h7H,5-6H2,1-4H3,(H-,9,10,11). The Bertz CT molecular complexity index is 195. The molecule has 0 saturated heterocycles. The Morgan fingerprint density at radius 2 is 2.00 bits per heavy atom. The minimum atomic E-state index is -4.53. The number of hydrogen-bond donors (Lipinski definition) is 1. The maximum Gasteiger partial charge on any atom is 0.265 e. The number of hydrogen-bond acceptors (Lipinski definition) is 3. The first kappa shape index (κ1) is 13.1. The van der Waals surface area contributed by atoms with Crippen molar-refractivity contribution in [3.05, 3.63) is 0 Å². The van der Waals surface area contributed by atoms with Crippen LogP contribution >= 0.6 is 7.82 Å². The molecule has 0 aliphatic rings. The third-order valence-corrected chi connectivity index (χ3v) is 2.62. The van der Waals surface area contributed by atoms with Crippen molar-refractivity contribution in [1.29, 1.82) is 0 Å². The topological polar surface area (TPSA) is 69.6 Å². The molecular weight excluding hydrogens is 193 g/mol. The Morgan fingerprint density at radius 3 is 2.31 bits per heavy atom. The summed E-state index contributed by atoms with van der Waals surface area (Å²) in [6.07, 6.45) is 0.594.